The molecule has 0 amide bonds. The lowest BCUT2D eigenvalue weighted by atomic mass is 10.2. The molecule has 0 aliphatic carbocycles. The van der Waals surface area contributed by atoms with E-state index in [1.54, 1.807) is 24.3 Å². The fourth-order valence-corrected chi connectivity index (χ4v) is 1.53. The molecule has 0 aliphatic rings. The third-order valence-corrected chi connectivity index (χ3v) is 2.52. The van der Waals surface area contributed by atoms with Crippen LogP contribution < -0.4 is 10.1 Å². The molecular formula is C13H9F3N4O. The molecule has 0 aliphatic heterocycles. The first-order chi connectivity index (χ1) is 9.94. The van der Waals surface area contributed by atoms with Crippen LogP contribution in [0.2, 0.25) is 0 Å². The van der Waals surface area contributed by atoms with Gasteiger partial charge >= 0.3 is 6.18 Å². The molecule has 0 saturated carbocycles. The predicted octanol–water partition coefficient (Wildman–Crippen LogP) is 3.12. The van der Waals surface area contributed by atoms with Crippen molar-refractivity contribution < 1.29 is 17.9 Å². The Kier molecular flexibility index (Phi) is 3.93. The van der Waals surface area contributed by atoms with E-state index >= 15 is 0 Å². The smallest absolute Gasteiger partial charge is 0.423 e. The van der Waals surface area contributed by atoms with Crippen LogP contribution in [0.3, 0.4) is 0 Å². The molecule has 108 valence electrons. The molecule has 1 aromatic carbocycles. The second kappa shape index (κ2) is 5.66. The highest BCUT2D eigenvalue weighted by Crippen LogP contribution is 2.35. The van der Waals surface area contributed by atoms with Gasteiger partial charge in [0.05, 0.1) is 18.7 Å². The average Bonchev–Trinajstić information content (AvgIpc) is 2.46. The van der Waals surface area contributed by atoms with Crippen LogP contribution in [0.15, 0.2) is 30.5 Å². The van der Waals surface area contributed by atoms with Crippen molar-refractivity contribution >= 4 is 11.6 Å². The van der Waals surface area contributed by atoms with Gasteiger partial charge in [0.2, 0.25) is 11.8 Å². The second-order valence-electron chi connectivity index (χ2n) is 3.93. The zero-order chi connectivity index (χ0) is 15.5. The zero-order valence-corrected chi connectivity index (χ0v) is 10.8. The maximum Gasteiger partial charge on any atom is 0.423 e. The normalized spacial score (nSPS) is 10.8. The van der Waals surface area contributed by atoms with Crippen molar-refractivity contribution in [2.45, 2.75) is 6.18 Å². The molecule has 2 rings (SSSR count). The van der Waals surface area contributed by atoms with Crippen molar-refractivity contribution in [1.29, 1.82) is 5.26 Å². The lowest BCUT2D eigenvalue weighted by molar-refractivity contribution is -0.139. The van der Waals surface area contributed by atoms with Gasteiger partial charge in [-0.25, -0.2) is 4.98 Å². The number of nitrogens with one attached hydrogen (secondary N) is 1. The minimum atomic E-state index is -4.59. The van der Waals surface area contributed by atoms with E-state index in [1.165, 1.54) is 0 Å². The van der Waals surface area contributed by atoms with Crippen LogP contribution in [-0.2, 0) is 6.18 Å². The minimum absolute atomic E-state index is 0.0374. The number of benzene rings is 1. The highest BCUT2D eigenvalue weighted by molar-refractivity contribution is 5.55. The van der Waals surface area contributed by atoms with Crippen LogP contribution in [0.25, 0.3) is 0 Å². The number of nitrogens with zero attached hydrogens (tertiary/aromatic N) is 3. The van der Waals surface area contributed by atoms with Crippen molar-refractivity contribution in [3.8, 4) is 11.9 Å². The molecule has 8 heteroatoms. The highest BCUT2D eigenvalue weighted by Gasteiger charge is 2.36. The van der Waals surface area contributed by atoms with Crippen LogP contribution in [0.1, 0.15) is 11.1 Å². The number of rotatable bonds is 3. The number of aromatic nitrogens is 2. The second-order valence-corrected chi connectivity index (χ2v) is 3.93. The minimum Gasteiger partial charge on any atom is -0.480 e. The summed E-state index contributed by atoms with van der Waals surface area (Å²) in [6.45, 7) is 0. The van der Waals surface area contributed by atoms with E-state index in [-0.39, 0.29) is 5.95 Å². The van der Waals surface area contributed by atoms with Gasteiger partial charge < -0.3 is 10.1 Å². The van der Waals surface area contributed by atoms with Crippen LogP contribution in [0, 0.1) is 11.3 Å². The first-order valence-corrected chi connectivity index (χ1v) is 5.69. The van der Waals surface area contributed by atoms with Gasteiger partial charge in [-0.2, -0.15) is 23.4 Å². The van der Waals surface area contributed by atoms with Gasteiger partial charge in [-0.15, -0.1) is 0 Å². The maximum atomic E-state index is 12.7. The van der Waals surface area contributed by atoms with Crippen LogP contribution >= 0.6 is 0 Å². The Balaban J connectivity index is 2.27. The van der Waals surface area contributed by atoms with Gasteiger partial charge in [0, 0.05) is 11.9 Å². The summed E-state index contributed by atoms with van der Waals surface area (Å²) in [6, 6.07) is 8.25. The molecule has 0 unspecified atom stereocenters. The molecule has 21 heavy (non-hydrogen) atoms. The van der Waals surface area contributed by atoms with Crippen molar-refractivity contribution in [3.05, 3.63) is 41.6 Å². The Labute approximate surface area is 118 Å². The third-order valence-electron chi connectivity index (χ3n) is 2.52. The summed E-state index contributed by atoms with van der Waals surface area (Å²) in [4.78, 5) is 7.27. The number of anilines is 2. The number of hydrogen-bond donors (Lipinski definition) is 1. The van der Waals surface area contributed by atoms with Crippen molar-refractivity contribution in [2.24, 2.45) is 0 Å². The van der Waals surface area contributed by atoms with Crippen molar-refractivity contribution in [1.82, 2.24) is 9.97 Å². The topological polar surface area (TPSA) is 70.8 Å². The van der Waals surface area contributed by atoms with Gasteiger partial charge in [-0.3, -0.25) is 0 Å². The van der Waals surface area contributed by atoms with Gasteiger partial charge in [-0.1, -0.05) is 0 Å². The molecule has 2 aromatic rings. The van der Waals surface area contributed by atoms with Crippen LogP contribution in [0.4, 0.5) is 24.8 Å². The van der Waals surface area contributed by atoms with Crippen LogP contribution in [0.5, 0.6) is 5.88 Å². The summed E-state index contributed by atoms with van der Waals surface area (Å²) in [5.74, 6) is -0.599. The Morgan fingerprint density at radius 2 is 1.90 bits per heavy atom. The van der Waals surface area contributed by atoms with Gasteiger partial charge in [0.15, 0.2) is 0 Å². The standard InChI is InChI=1S/C13H9F3N4O/c1-21-11-10(13(14,15)16)7-18-12(20-11)19-9-4-2-8(6-17)3-5-9/h2-5,7H,1H3,(H,18,19,20). The summed E-state index contributed by atoms with van der Waals surface area (Å²) in [6.07, 6.45) is -3.93. The van der Waals surface area contributed by atoms with E-state index in [0.29, 0.717) is 17.4 Å². The highest BCUT2D eigenvalue weighted by atomic mass is 19.4. The molecule has 1 N–H and O–H groups in total. The van der Waals surface area contributed by atoms with E-state index < -0.39 is 17.6 Å². The van der Waals surface area contributed by atoms with Gasteiger partial charge in [0.25, 0.3) is 0 Å². The molecule has 1 aromatic heterocycles. The van der Waals surface area contributed by atoms with Crippen molar-refractivity contribution in [3.63, 3.8) is 0 Å². The number of alkyl halides is 3. The molecular weight excluding hydrogens is 285 g/mol. The third kappa shape index (κ3) is 3.39. The van der Waals surface area contributed by atoms with Crippen LogP contribution in [-0.4, -0.2) is 17.1 Å². The Morgan fingerprint density at radius 1 is 1.24 bits per heavy atom. The maximum absolute atomic E-state index is 12.7. The average molecular weight is 294 g/mol. The van der Waals surface area contributed by atoms with E-state index in [9.17, 15) is 13.2 Å². The number of hydrogen-bond acceptors (Lipinski definition) is 5. The Hall–Kier alpha value is -2.82. The largest absolute Gasteiger partial charge is 0.480 e. The number of methoxy groups -OCH3 is 1. The predicted molar refractivity (Wildman–Crippen MR) is 68.0 cm³/mol. The fraction of sp³-hybridized carbons (Fsp3) is 0.154. The molecule has 1 heterocycles. The summed E-state index contributed by atoms with van der Waals surface area (Å²) in [7, 11) is 1.10. The fourth-order valence-electron chi connectivity index (χ4n) is 1.53. The molecule has 0 atom stereocenters. The molecule has 5 nitrogen and oxygen atoms in total. The zero-order valence-electron chi connectivity index (χ0n) is 10.8. The first-order valence-electron chi connectivity index (χ1n) is 5.69. The lowest BCUT2D eigenvalue weighted by Gasteiger charge is -2.12. The molecule has 0 saturated heterocycles. The quantitative estimate of drug-likeness (QED) is 0.941. The molecule has 0 radical (unpaired) electrons. The van der Waals surface area contributed by atoms with Gasteiger partial charge in [0.1, 0.15) is 5.56 Å². The van der Waals surface area contributed by atoms with E-state index in [1.807, 2.05) is 6.07 Å². The number of ether oxygens (including phenoxy) is 1. The molecule has 0 bridgehead atoms. The summed E-state index contributed by atoms with van der Waals surface area (Å²) >= 11 is 0. The first kappa shape index (κ1) is 14.6. The Morgan fingerprint density at radius 3 is 2.43 bits per heavy atom. The van der Waals surface area contributed by atoms with E-state index in [0.717, 1.165) is 7.11 Å². The summed E-state index contributed by atoms with van der Waals surface area (Å²) in [5.41, 5.74) is -0.0438. The van der Waals surface area contributed by atoms with Crippen molar-refractivity contribution in [2.75, 3.05) is 12.4 Å². The molecule has 0 spiro atoms. The summed E-state index contributed by atoms with van der Waals surface area (Å²) < 4.78 is 42.6. The van der Waals surface area contributed by atoms with E-state index in [2.05, 4.69) is 20.0 Å². The number of nitriles is 1. The molecule has 0 fully saturated rings. The number of halogens is 3. The summed E-state index contributed by atoms with van der Waals surface area (Å²) in [5, 5.41) is 11.4. The van der Waals surface area contributed by atoms with Gasteiger partial charge in [-0.05, 0) is 24.3 Å². The SMILES string of the molecule is COc1nc(Nc2ccc(C#N)cc2)ncc1C(F)(F)F. The Bertz CT molecular complexity index is 677. The van der Waals surface area contributed by atoms with E-state index in [4.69, 9.17) is 5.26 Å². The lowest BCUT2D eigenvalue weighted by Crippen LogP contribution is -2.11. The monoisotopic (exact) mass is 294 g/mol.